The van der Waals surface area contributed by atoms with Crippen LogP contribution in [0.5, 0.6) is 0 Å². The Labute approximate surface area is 76.8 Å². The summed E-state index contributed by atoms with van der Waals surface area (Å²) in [5, 5.41) is 16.2. The number of nitrogens with one attached hydrogen (secondary N) is 1. The van der Waals surface area contributed by atoms with Gasteiger partial charge in [0.25, 0.3) is 0 Å². The highest BCUT2D eigenvalue weighted by Gasteiger charge is 2.68. The lowest BCUT2D eigenvalue weighted by Gasteiger charge is -2.07. The summed E-state index contributed by atoms with van der Waals surface area (Å²) >= 11 is 0. The minimum Gasteiger partial charge on any atom is -0.282 e. The summed E-state index contributed by atoms with van der Waals surface area (Å²) in [7, 11) is 0. The van der Waals surface area contributed by atoms with Gasteiger partial charge in [0.15, 0.2) is 0 Å². The van der Waals surface area contributed by atoms with Gasteiger partial charge in [0, 0.05) is 11.6 Å². The second kappa shape index (κ2) is 1.95. The van der Waals surface area contributed by atoms with E-state index in [0.29, 0.717) is 11.8 Å². The quantitative estimate of drug-likeness (QED) is 0.701. The minimum absolute atomic E-state index is 0.0560. The van der Waals surface area contributed by atoms with Gasteiger partial charge in [0.1, 0.15) is 0 Å². The Bertz CT molecular complexity index is 401. The summed E-state index contributed by atoms with van der Waals surface area (Å²) in [6.07, 6.45) is 3.93. The van der Waals surface area contributed by atoms with E-state index in [1.54, 1.807) is 0 Å². The number of nitriles is 1. The first kappa shape index (κ1) is 7.14. The van der Waals surface area contributed by atoms with Gasteiger partial charge in [-0.3, -0.25) is 5.10 Å². The fraction of sp³-hybridized carbons (Fsp3) is 0.600. The molecule has 3 atom stereocenters. The predicted octanol–water partition coefficient (Wildman–Crippen LogP) is 1.60. The lowest BCUT2D eigenvalue weighted by Crippen LogP contribution is -2.05. The van der Waals surface area contributed by atoms with E-state index in [2.05, 4.69) is 23.2 Å². The number of aromatic amines is 1. The third kappa shape index (κ3) is 0.601. The van der Waals surface area contributed by atoms with Crippen LogP contribution in [0.1, 0.15) is 30.5 Å². The summed E-state index contributed by atoms with van der Waals surface area (Å²) in [6.45, 7) is 2.11. The molecule has 2 aliphatic carbocycles. The first-order chi connectivity index (χ1) is 6.33. The number of fused-ring (bicyclic) bond motifs is 3. The molecule has 0 spiro atoms. The summed E-state index contributed by atoms with van der Waals surface area (Å²) in [4.78, 5) is 0. The van der Waals surface area contributed by atoms with Crippen LogP contribution in [0.4, 0.5) is 0 Å². The van der Waals surface area contributed by atoms with Gasteiger partial charge in [-0.05, 0) is 24.3 Å². The zero-order valence-electron chi connectivity index (χ0n) is 7.54. The van der Waals surface area contributed by atoms with Crippen molar-refractivity contribution in [2.24, 2.45) is 11.3 Å². The van der Waals surface area contributed by atoms with E-state index in [1.807, 2.05) is 6.20 Å². The Morgan fingerprint density at radius 3 is 3.38 bits per heavy atom. The summed E-state index contributed by atoms with van der Waals surface area (Å²) in [5.74, 6) is 1.03. The average molecular weight is 173 g/mol. The molecule has 66 valence electrons. The van der Waals surface area contributed by atoms with Crippen LogP contribution in [0.3, 0.4) is 0 Å². The maximum absolute atomic E-state index is 9.14. The Morgan fingerprint density at radius 2 is 2.69 bits per heavy atom. The van der Waals surface area contributed by atoms with Crippen LogP contribution >= 0.6 is 0 Å². The number of hydrogen-bond donors (Lipinski definition) is 1. The van der Waals surface area contributed by atoms with E-state index in [0.717, 1.165) is 12.8 Å². The van der Waals surface area contributed by atoms with E-state index < -0.39 is 0 Å². The SMILES string of the molecule is CCC1(C#N)C2Cc3cn[nH]c3C21. The molecular weight excluding hydrogens is 162 g/mol. The molecule has 3 rings (SSSR count). The van der Waals surface area contributed by atoms with Crippen molar-refractivity contribution in [3.63, 3.8) is 0 Å². The molecule has 3 unspecified atom stereocenters. The highest BCUT2D eigenvalue weighted by atomic mass is 15.1. The average Bonchev–Trinajstić information content (AvgIpc) is 2.54. The maximum Gasteiger partial charge on any atom is 0.0700 e. The second-order valence-corrected chi connectivity index (χ2v) is 4.10. The molecule has 13 heavy (non-hydrogen) atoms. The van der Waals surface area contributed by atoms with Crippen LogP contribution in [-0.4, -0.2) is 10.2 Å². The highest BCUT2D eigenvalue weighted by Crippen LogP contribution is 2.71. The van der Waals surface area contributed by atoms with Gasteiger partial charge in [-0.25, -0.2) is 0 Å². The lowest BCUT2D eigenvalue weighted by atomic mass is 9.94. The smallest absolute Gasteiger partial charge is 0.0700 e. The molecule has 0 aliphatic heterocycles. The topological polar surface area (TPSA) is 52.5 Å². The monoisotopic (exact) mass is 173 g/mol. The molecule has 1 aromatic heterocycles. The minimum atomic E-state index is -0.0560. The van der Waals surface area contributed by atoms with E-state index >= 15 is 0 Å². The molecule has 1 N–H and O–H groups in total. The van der Waals surface area contributed by atoms with E-state index in [9.17, 15) is 0 Å². The number of nitrogens with zero attached hydrogens (tertiary/aromatic N) is 2. The molecule has 1 heterocycles. The molecule has 1 fully saturated rings. The molecule has 3 nitrogen and oxygen atoms in total. The van der Waals surface area contributed by atoms with Crippen LogP contribution in [0.2, 0.25) is 0 Å². The molecule has 1 saturated carbocycles. The molecule has 1 aromatic rings. The van der Waals surface area contributed by atoms with Crippen LogP contribution in [-0.2, 0) is 6.42 Å². The molecule has 0 saturated heterocycles. The lowest BCUT2D eigenvalue weighted by molar-refractivity contribution is 0.541. The number of aromatic nitrogens is 2. The van der Waals surface area contributed by atoms with Gasteiger partial charge in [-0.2, -0.15) is 10.4 Å². The van der Waals surface area contributed by atoms with Crippen molar-refractivity contribution in [3.05, 3.63) is 17.5 Å². The van der Waals surface area contributed by atoms with Gasteiger partial charge < -0.3 is 0 Å². The fourth-order valence-corrected chi connectivity index (χ4v) is 2.98. The highest BCUT2D eigenvalue weighted by molar-refractivity contribution is 5.45. The molecular formula is C10H11N3. The van der Waals surface area contributed by atoms with Crippen LogP contribution in [0.25, 0.3) is 0 Å². The van der Waals surface area contributed by atoms with Crippen LogP contribution < -0.4 is 0 Å². The van der Waals surface area contributed by atoms with Crippen molar-refractivity contribution >= 4 is 0 Å². The zero-order valence-corrected chi connectivity index (χ0v) is 7.54. The molecule has 0 amide bonds. The largest absolute Gasteiger partial charge is 0.282 e. The zero-order chi connectivity index (χ0) is 9.05. The second-order valence-electron chi connectivity index (χ2n) is 4.10. The molecule has 0 radical (unpaired) electrons. The van der Waals surface area contributed by atoms with Crippen molar-refractivity contribution in [3.8, 4) is 6.07 Å². The number of rotatable bonds is 1. The van der Waals surface area contributed by atoms with Gasteiger partial charge in [-0.1, -0.05) is 6.92 Å². The van der Waals surface area contributed by atoms with Crippen molar-refractivity contribution in [2.45, 2.75) is 25.7 Å². The molecule has 0 aromatic carbocycles. The van der Waals surface area contributed by atoms with E-state index in [-0.39, 0.29) is 5.41 Å². The van der Waals surface area contributed by atoms with Crippen molar-refractivity contribution in [1.29, 1.82) is 5.26 Å². The summed E-state index contributed by atoms with van der Waals surface area (Å²) in [5.41, 5.74) is 2.50. The van der Waals surface area contributed by atoms with Gasteiger partial charge in [-0.15, -0.1) is 0 Å². The van der Waals surface area contributed by atoms with Gasteiger partial charge >= 0.3 is 0 Å². The van der Waals surface area contributed by atoms with Crippen LogP contribution in [0, 0.1) is 22.7 Å². The van der Waals surface area contributed by atoms with E-state index in [1.165, 1.54) is 11.3 Å². The van der Waals surface area contributed by atoms with Gasteiger partial charge in [0.05, 0.1) is 17.7 Å². The van der Waals surface area contributed by atoms with Crippen molar-refractivity contribution < 1.29 is 0 Å². The molecule has 3 heteroatoms. The third-order valence-corrected chi connectivity index (χ3v) is 3.81. The Kier molecular flexibility index (Phi) is 1.07. The van der Waals surface area contributed by atoms with Crippen LogP contribution in [0.15, 0.2) is 6.20 Å². The first-order valence-electron chi connectivity index (χ1n) is 4.77. The van der Waals surface area contributed by atoms with Gasteiger partial charge in [0.2, 0.25) is 0 Å². The van der Waals surface area contributed by atoms with Crippen molar-refractivity contribution in [2.75, 3.05) is 0 Å². The molecule has 0 bridgehead atoms. The summed E-state index contributed by atoms with van der Waals surface area (Å²) in [6, 6.07) is 2.49. The summed E-state index contributed by atoms with van der Waals surface area (Å²) < 4.78 is 0. The standard InChI is InChI=1S/C10H11N3/c1-2-10(5-11)7-3-6-4-12-13-9(6)8(7)10/h4,7-8H,2-3H2,1H3,(H,12,13). The Balaban J connectivity index is 2.05. The number of hydrogen-bond acceptors (Lipinski definition) is 2. The van der Waals surface area contributed by atoms with E-state index in [4.69, 9.17) is 5.26 Å². The Morgan fingerprint density at radius 1 is 1.85 bits per heavy atom. The predicted molar refractivity (Wildman–Crippen MR) is 46.9 cm³/mol. The molecule has 2 aliphatic rings. The van der Waals surface area contributed by atoms with Crippen molar-refractivity contribution in [1.82, 2.24) is 10.2 Å². The third-order valence-electron chi connectivity index (χ3n) is 3.81. The Hall–Kier alpha value is -1.30. The fourth-order valence-electron chi connectivity index (χ4n) is 2.98. The first-order valence-corrected chi connectivity index (χ1v) is 4.77. The maximum atomic E-state index is 9.14. The number of H-pyrrole nitrogens is 1. The normalized spacial score (nSPS) is 39.4.